The maximum Gasteiger partial charge on any atom is 0.113 e. The Balaban J connectivity index is 2.19. The molecule has 0 bridgehead atoms. The molecule has 3 rings (SSSR count). The molecule has 1 unspecified atom stereocenters. The summed E-state index contributed by atoms with van der Waals surface area (Å²) in [6, 6.07) is 8.25. The molecule has 1 atom stereocenters. The number of fused-ring (bicyclic) bond motifs is 1. The number of aromatic nitrogens is 5. The van der Waals surface area contributed by atoms with Crippen LogP contribution in [0, 0.1) is 13.8 Å². The van der Waals surface area contributed by atoms with Crippen molar-refractivity contribution < 1.29 is 0 Å². The fourth-order valence-electron chi connectivity index (χ4n) is 2.89. The molecule has 104 valence electrons. The number of aryl methyl sites for hydroxylation is 2. The minimum absolute atomic E-state index is 0.177. The molecule has 0 aliphatic rings. The number of nitrogens with zero attached hydrogens (tertiary/aromatic N) is 5. The van der Waals surface area contributed by atoms with Gasteiger partial charge in [0, 0.05) is 18.3 Å². The minimum Gasteiger partial charge on any atom is -0.272 e. The number of benzene rings is 1. The van der Waals surface area contributed by atoms with E-state index in [1.807, 2.05) is 34.6 Å². The molecule has 0 spiro atoms. The highest BCUT2D eigenvalue weighted by molar-refractivity contribution is 5.74. The maximum absolute atomic E-state index is 4.52. The predicted octanol–water partition coefficient (Wildman–Crippen LogP) is 2.78. The molecule has 0 aliphatic heterocycles. The van der Waals surface area contributed by atoms with Gasteiger partial charge in [-0.2, -0.15) is 5.10 Å². The van der Waals surface area contributed by atoms with E-state index >= 15 is 0 Å². The highest BCUT2D eigenvalue weighted by atomic mass is 15.4. The van der Waals surface area contributed by atoms with Crippen molar-refractivity contribution in [3.8, 4) is 0 Å². The summed E-state index contributed by atoms with van der Waals surface area (Å²) < 4.78 is 3.96. The van der Waals surface area contributed by atoms with Crippen LogP contribution in [-0.4, -0.2) is 24.8 Å². The van der Waals surface area contributed by atoms with Crippen molar-refractivity contribution in [3.63, 3.8) is 0 Å². The standard InChI is InChI=1S/C15H19N5/c1-5-13(15-10(2)17-19(4)11(15)3)20-14-9-7-6-8-12(14)16-18-20/h6-9,13H,5H2,1-4H3. The number of hydrogen-bond acceptors (Lipinski definition) is 3. The summed E-state index contributed by atoms with van der Waals surface area (Å²) in [5.41, 5.74) is 5.52. The Bertz CT molecular complexity index is 753. The fourth-order valence-corrected chi connectivity index (χ4v) is 2.89. The topological polar surface area (TPSA) is 48.5 Å². The van der Waals surface area contributed by atoms with Crippen molar-refractivity contribution >= 4 is 11.0 Å². The molecule has 0 aliphatic carbocycles. The molecule has 2 heterocycles. The molecule has 5 heteroatoms. The Hall–Kier alpha value is -2.17. The van der Waals surface area contributed by atoms with E-state index in [2.05, 4.69) is 42.2 Å². The average Bonchev–Trinajstić information content (AvgIpc) is 2.97. The minimum atomic E-state index is 0.177. The molecule has 3 aromatic rings. The first-order valence-corrected chi connectivity index (χ1v) is 6.93. The summed E-state index contributed by atoms with van der Waals surface area (Å²) in [4.78, 5) is 0. The van der Waals surface area contributed by atoms with Crippen molar-refractivity contribution in [1.29, 1.82) is 0 Å². The number of para-hydroxylation sites is 1. The first-order valence-electron chi connectivity index (χ1n) is 6.93. The van der Waals surface area contributed by atoms with Crippen molar-refractivity contribution in [1.82, 2.24) is 24.8 Å². The van der Waals surface area contributed by atoms with Gasteiger partial charge in [-0.1, -0.05) is 24.3 Å². The predicted molar refractivity (Wildman–Crippen MR) is 78.6 cm³/mol. The van der Waals surface area contributed by atoms with Crippen molar-refractivity contribution in [3.05, 3.63) is 41.2 Å². The van der Waals surface area contributed by atoms with Crippen LogP contribution in [0.15, 0.2) is 24.3 Å². The lowest BCUT2D eigenvalue weighted by Crippen LogP contribution is -2.13. The van der Waals surface area contributed by atoms with Gasteiger partial charge in [0.15, 0.2) is 0 Å². The Kier molecular flexibility index (Phi) is 3.04. The van der Waals surface area contributed by atoms with Gasteiger partial charge in [-0.05, 0) is 32.4 Å². The van der Waals surface area contributed by atoms with Gasteiger partial charge < -0.3 is 0 Å². The molecular weight excluding hydrogens is 250 g/mol. The lowest BCUT2D eigenvalue weighted by molar-refractivity contribution is 0.503. The van der Waals surface area contributed by atoms with Crippen LogP contribution in [0.1, 0.15) is 36.3 Å². The summed E-state index contributed by atoms with van der Waals surface area (Å²) in [7, 11) is 1.98. The normalized spacial score (nSPS) is 13.0. The molecular formula is C15H19N5. The van der Waals surface area contributed by atoms with Crippen LogP contribution in [0.3, 0.4) is 0 Å². The van der Waals surface area contributed by atoms with Crippen LogP contribution in [0.4, 0.5) is 0 Å². The monoisotopic (exact) mass is 269 g/mol. The van der Waals surface area contributed by atoms with E-state index in [1.54, 1.807) is 0 Å². The molecule has 0 radical (unpaired) electrons. The molecule has 5 nitrogen and oxygen atoms in total. The SMILES string of the molecule is CCC(c1c(C)nn(C)c1C)n1nnc2ccccc21. The second kappa shape index (κ2) is 4.74. The van der Waals surface area contributed by atoms with Gasteiger partial charge in [0.1, 0.15) is 5.52 Å². The van der Waals surface area contributed by atoms with Crippen molar-refractivity contribution in [2.75, 3.05) is 0 Å². The van der Waals surface area contributed by atoms with Gasteiger partial charge in [-0.3, -0.25) is 4.68 Å². The van der Waals surface area contributed by atoms with E-state index < -0.39 is 0 Å². The quantitative estimate of drug-likeness (QED) is 0.734. The van der Waals surface area contributed by atoms with Gasteiger partial charge in [0.2, 0.25) is 0 Å². The van der Waals surface area contributed by atoms with Gasteiger partial charge in [-0.25, -0.2) is 4.68 Å². The average molecular weight is 269 g/mol. The zero-order chi connectivity index (χ0) is 14.3. The summed E-state index contributed by atoms with van der Waals surface area (Å²) in [5, 5.41) is 13.2. The highest BCUT2D eigenvalue weighted by Gasteiger charge is 2.22. The molecule has 0 amide bonds. The smallest absolute Gasteiger partial charge is 0.113 e. The fraction of sp³-hybridized carbons (Fsp3) is 0.400. The largest absolute Gasteiger partial charge is 0.272 e. The Labute approximate surface area is 118 Å². The van der Waals surface area contributed by atoms with E-state index in [9.17, 15) is 0 Å². The van der Waals surface area contributed by atoms with Crippen LogP contribution < -0.4 is 0 Å². The summed E-state index contributed by atoms with van der Waals surface area (Å²) in [6.45, 7) is 6.34. The highest BCUT2D eigenvalue weighted by Crippen LogP contribution is 2.29. The second-order valence-electron chi connectivity index (χ2n) is 5.15. The lowest BCUT2D eigenvalue weighted by atomic mass is 10.0. The van der Waals surface area contributed by atoms with Crippen LogP contribution in [0.2, 0.25) is 0 Å². The molecule has 0 N–H and O–H groups in total. The lowest BCUT2D eigenvalue weighted by Gasteiger charge is -2.16. The van der Waals surface area contributed by atoms with Crippen LogP contribution in [0.5, 0.6) is 0 Å². The van der Waals surface area contributed by atoms with E-state index in [4.69, 9.17) is 0 Å². The van der Waals surface area contributed by atoms with E-state index in [0.717, 1.165) is 23.1 Å². The van der Waals surface area contributed by atoms with Crippen LogP contribution in [0.25, 0.3) is 11.0 Å². The summed E-state index contributed by atoms with van der Waals surface area (Å²) in [5.74, 6) is 0. The van der Waals surface area contributed by atoms with E-state index in [-0.39, 0.29) is 6.04 Å². The van der Waals surface area contributed by atoms with E-state index in [1.165, 1.54) is 11.3 Å². The van der Waals surface area contributed by atoms with Crippen molar-refractivity contribution in [2.24, 2.45) is 7.05 Å². The molecule has 0 saturated heterocycles. The third kappa shape index (κ3) is 1.81. The third-order valence-corrected chi connectivity index (χ3v) is 3.96. The summed E-state index contributed by atoms with van der Waals surface area (Å²) in [6.07, 6.45) is 0.959. The second-order valence-corrected chi connectivity index (χ2v) is 5.15. The van der Waals surface area contributed by atoms with Crippen LogP contribution in [-0.2, 0) is 7.05 Å². The first-order chi connectivity index (χ1) is 9.63. The zero-order valence-corrected chi connectivity index (χ0v) is 12.3. The Morgan fingerprint density at radius 3 is 2.60 bits per heavy atom. The Morgan fingerprint density at radius 2 is 1.95 bits per heavy atom. The van der Waals surface area contributed by atoms with Gasteiger partial charge in [-0.15, -0.1) is 5.10 Å². The Morgan fingerprint density at radius 1 is 1.20 bits per heavy atom. The molecule has 20 heavy (non-hydrogen) atoms. The molecule has 0 fully saturated rings. The maximum atomic E-state index is 4.52. The van der Waals surface area contributed by atoms with Gasteiger partial charge in [0.25, 0.3) is 0 Å². The van der Waals surface area contributed by atoms with Gasteiger partial charge in [0.05, 0.1) is 17.3 Å². The number of hydrogen-bond donors (Lipinski definition) is 0. The first kappa shape index (κ1) is 12.8. The third-order valence-electron chi connectivity index (χ3n) is 3.96. The zero-order valence-electron chi connectivity index (χ0n) is 12.3. The summed E-state index contributed by atoms with van der Waals surface area (Å²) >= 11 is 0. The molecule has 0 saturated carbocycles. The van der Waals surface area contributed by atoms with Crippen molar-refractivity contribution in [2.45, 2.75) is 33.2 Å². The molecule has 2 aromatic heterocycles. The molecule has 1 aromatic carbocycles. The number of rotatable bonds is 3. The van der Waals surface area contributed by atoms with E-state index in [0.29, 0.717) is 0 Å². The van der Waals surface area contributed by atoms with Gasteiger partial charge >= 0.3 is 0 Å². The van der Waals surface area contributed by atoms with Crippen LogP contribution >= 0.6 is 0 Å².